The summed E-state index contributed by atoms with van der Waals surface area (Å²) in [6.07, 6.45) is 0.657. The molecule has 2 rings (SSSR count). The first kappa shape index (κ1) is 19.3. The second-order valence-electron chi connectivity index (χ2n) is 6.53. The van der Waals surface area contributed by atoms with Gasteiger partial charge in [0.2, 0.25) is 5.91 Å². The normalized spacial score (nSPS) is 20.9. The third kappa shape index (κ3) is 5.79. The average Bonchev–Trinajstić information content (AvgIpc) is 2.86. The van der Waals surface area contributed by atoms with E-state index in [4.69, 9.17) is 0 Å². The molecule has 0 aliphatic carbocycles. The van der Waals surface area contributed by atoms with Crippen molar-refractivity contribution in [2.24, 2.45) is 0 Å². The number of amides is 1. The second kappa shape index (κ2) is 8.36. The Bertz CT molecular complexity index is 657. The van der Waals surface area contributed by atoms with Crippen molar-refractivity contribution < 1.29 is 13.2 Å². The van der Waals surface area contributed by atoms with Gasteiger partial charge in [-0.05, 0) is 33.0 Å². The standard InChI is InChI=1S/C17H26N2O3S2/c1-13-4-6-14(7-5-13)16(19(2)3)10-18-17(20)11-23-15-8-9-24(21,22)12-15/h4-7,15-16H,8-12H2,1-3H3,(H,18,20)/t15-,16+/m0/s1. The number of nitrogens with zero attached hydrogens (tertiary/aromatic N) is 1. The molecule has 2 atom stereocenters. The predicted octanol–water partition coefficient (Wildman–Crippen LogP) is 1.63. The van der Waals surface area contributed by atoms with Gasteiger partial charge in [-0.2, -0.15) is 0 Å². The molecule has 1 N–H and O–H groups in total. The minimum absolute atomic E-state index is 0.0386. The lowest BCUT2D eigenvalue weighted by Crippen LogP contribution is -2.35. The number of carbonyl (C=O) groups is 1. The van der Waals surface area contributed by atoms with Crippen LogP contribution in [-0.2, 0) is 14.6 Å². The summed E-state index contributed by atoms with van der Waals surface area (Å²) in [7, 11) is 1.11. The van der Waals surface area contributed by atoms with Crippen molar-refractivity contribution in [3.63, 3.8) is 0 Å². The number of sulfone groups is 1. The zero-order valence-corrected chi connectivity index (χ0v) is 16.1. The van der Waals surface area contributed by atoms with E-state index in [9.17, 15) is 13.2 Å². The van der Waals surface area contributed by atoms with Crippen LogP contribution in [0.5, 0.6) is 0 Å². The molecule has 1 amide bonds. The summed E-state index contributed by atoms with van der Waals surface area (Å²) < 4.78 is 22.9. The van der Waals surface area contributed by atoms with Gasteiger partial charge in [0.1, 0.15) is 0 Å². The maximum absolute atomic E-state index is 12.1. The summed E-state index contributed by atoms with van der Waals surface area (Å²) in [6, 6.07) is 8.44. The molecule has 1 fully saturated rings. The van der Waals surface area contributed by atoms with Crippen molar-refractivity contribution >= 4 is 27.5 Å². The fraction of sp³-hybridized carbons (Fsp3) is 0.588. The van der Waals surface area contributed by atoms with E-state index in [1.54, 1.807) is 0 Å². The van der Waals surface area contributed by atoms with Gasteiger partial charge in [-0.1, -0.05) is 29.8 Å². The highest BCUT2D eigenvalue weighted by Crippen LogP contribution is 2.24. The summed E-state index contributed by atoms with van der Waals surface area (Å²) in [4.78, 5) is 14.2. The van der Waals surface area contributed by atoms with E-state index in [2.05, 4.69) is 41.4 Å². The number of hydrogen-bond acceptors (Lipinski definition) is 5. The lowest BCUT2D eigenvalue weighted by Gasteiger charge is -2.25. The van der Waals surface area contributed by atoms with Gasteiger partial charge >= 0.3 is 0 Å². The van der Waals surface area contributed by atoms with Crippen LogP contribution in [-0.4, -0.2) is 62.4 Å². The number of likely N-dealkylation sites (N-methyl/N-ethyl adjacent to an activating group) is 1. The van der Waals surface area contributed by atoms with E-state index < -0.39 is 9.84 Å². The molecule has 0 spiro atoms. The Morgan fingerprint density at radius 2 is 2.00 bits per heavy atom. The Labute approximate surface area is 149 Å². The molecule has 1 aromatic rings. The van der Waals surface area contributed by atoms with Gasteiger partial charge in [-0.3, -0.25) is 4.79 Å². The second-order valence-corrected chi connectivity index (χ2v) is 10.0. The number of hydrogen-bond donors (Lipinski definition) is 1. The molecule has 1 heterocycles. The molecular formula is C17H26N2O3S2. The van der Waals surface area contributed by atoms with E-state index in [-0.39, 0.29) is 28.7 Å². The Morgan fingerprint density at radius 1 is 1.33 bits per heavy atom. The summed E-state index contributed by atoms with van der Waals surface area (Å²) in [5, 5.41) is 3.03. The first-order chi connectivity index (χ1) is 11.3. The molecule has 1 saturated heterocycles. The van der Waals surface area contributed by atoms with Crippen LogP contribution in [0.1, 0.15) is 23.6 Å². The van der Waals surface area contributed by atoms with Gasteiger partial charge < -0.3 is 10.2 Å². The van der Waals surface area contributed by atoms with Crippen LogP contribution in [0.2, 0.25) is 0 Å². The number of benzene rings is 1. The summed E-state index contributed by atoms with van der Waals surface area (Å²) in [6.45, 7) is 2.59. The Kier molecular flexibility index (Phi) is 6.71. The maximum Gasteiger partial charge on any atom is 0.230 e. The van der Waals surface area contributed by atoms with Gasteiger partial charge in [-0.25, -0.2) is 8.42 Å². The summed E-state index contributed by atoms with van der Waals surface area (Å²) in [5.74, 6) is 0.730. The molecule has 0 radical (unpaired) electrons. The quantitative estimate of drug-likeness (QED) is 0.790. The van der Waals surface area contributed by atoms with Gasteiger partial charge in [0.05, 0.1) is 23.3 Å². The number of carbonyl (C=O) groups excluding carboxylic acids is 1. The Balaban J connectivity index is 1.81. The first-order valence-corrected chi connectivity index (χ1v) is 11.0. The fourth-order valence-electron chi connectivity index (χ4n) is 2.73. The van der Waals surface area contributed by atoms with Gasteiger partial charge in [0.15, 0.2) is 9.84 Å². The highest BCUT2D eigenvalue weighted by atomic mass is 32.2. The van der Waals surface area contributed by atoms with E-state index >= 15 is 0 Å². The minimum atomic E-state index is -2.88. The third-order valence-corrected chi connectivity index (χ3v) is 7.50. The van der Waals surface area contributed by atoms with E-state index in [1.807, 2.05) is 14.1 Å². The van der Waals surface area contributed by atoms with Gasteiger partial charge in [-0.15, -0.1) is 11.8 Å². The molecule has 5 nitrogen and oxygen atoms in total. The number of thioether (sulfide) groups is 1. The molecule has 134 valence electrons. The molecule has 1 aromatic carbocycles. The smallest absolute Gasteiger partial charge is 0.230 e. The average molecular weight is 371 g/mol. The van der Waals surface area contributed by atoms with Crippen molar-refractivity contribution in [3.05, 3.63) is 35.4 Å². The lowest BCUT2D eigenvalue weighted by atomic mass is 10.0. The molecule has 24 heavy (non-hydrogen) atoms. The highest BCUT2D eigenvalue weighted by Gasteiger charge is 2.28. The van der Waals surface area contributed by atoms with Crippen LogP contribution in [0.25, 0.3) is 0 Å². The van der Waals surface area contributed by atoms with Crippen LogP contribution < -0.4 is 5.32 Å². The highest BCUT2D eigenvalue weighted by molar-refractivity contribution is 8.02. The molecular weight excluding hydrogens is 344 g/mol. The van der Waals surface area contributed by atoms with E-state index in [0.717, 1.165) is 0 Å². The van der Waals surface area contributed by atoms with Crippen molar-refractivity contribution in [2.75, 3.05) is 37.9 Å². The molecule has 0 bridgehead atoms. The van der Waals surface area contributed by atoms with Crippen molar-refractivity contribution in [1.82, 2.24) is 10.2 Å². The fourth-order valence-corrected chi connectivity index (χ4v) is 6.21. The molecule has 1 aliphatic rings. The van der Waals surface area contributed by atoms with Crippen molar-refractivity contribution in [2.45, 2.75) is 24.6 Å². The Hall–Kier alpha value is -1.05. The molecule has 0 saturated carbocycles. The third-order valence-electron chi connectivity index (χ3n) is 4.22. The van der Waals surface area contributed by atoms with Crippen molar-refractivity contribution in [1.29, 1.82) is 0 Å². The first-order valence-electron chi connectivity index (χ1n) is 8.08. The van der Waals surface area contributed by atoms with Gasteiger partial charge in [0, 0.05) is 11.8 Å². The monoisotopic (exact) mass is 370 g/mol. The predicted molar refractivity (Wildman–Crippen MR) is 100 cm³/mol. The summed E-state index contributed by atoms with van der Waals surface area (Å²) in [5.41, 5.74) is 2.38. The zero-order chi connectivity index (χ0) is 17.7. The van der Waals surface area contributed by atoms with Crippen LogP contribution in [0.15, 0.2) is 24.3 Å². The minimum Gasteiger partial charge on any atom is -0.353 e. The number of nitrogens with one attached hydrogen (secondary N) is 1. The molecule has 0 aromatic heterocycles. The topological polar surface area (TPSA) is 66.5 Å². The number of rotatable bonds is 7. The van der Waals surface area contributed by atoms with Crippen molar-refractivity contribution in [3.8, 4) is 0 Å². The molecule has 1 aliphatic heterocycles. The summed E-state index contributed by atoms with van der Waals surface area (Å²) >= 11 is 1.45. The van der Waals surface area contributed by atoms with Crippen LogP contribution >= 0.6 is 11.8 Å². The van der Waals surface area contributed by atoms with Crippen LogP contribution in [0.3, 0.4) is 0 Å². The Morgan fingerprint density at radius 3 is 2.54 bits per heavy atom. The van der Waals surface area contributed by atoms with Crippen LogP contribution in [0.4, 0.5) is 0 Å². The van der Waals surface area contributed by atoms with E-state index in [0.29, 0.717) is 18.7 Å². The maximum atomic E-state index is 12.1. The van der Waals surface area contributed by atoms with Gasteiger partial charge in [0.25, 0.3) is 0 Å². The van der Waals surface area contributed by atoms with Crippen LogP contribution in [0, 0.1) is 6.92 Å². The molecule has 0 unspecified atom stereocenters. The number of aryl methyl sites for hydroxylation is 1. The SMILES string of the molecule is Cc1ccc([C@@H](CNC(=O)CS[C@H]2CCS(=O)(=O)C2)N(C)C)cc1. The lowest BCUT2D eigenvalue weighted by molar-refractivity contribution is -0.118. The molecule has 7 heteroatoms. The van der Waals surface area contributed by atoms with E-state index in [1.165, 1.54) is 22.9 Å². The largest absolute Gasteiger partial charge is 0.353 e. The zero-order valence-electron chi connectivity index (χ0n) is 14.5.